The van der Waals surface area contributed by atoms with E-state index in [1.165, 1.54) is 41.3 Å². The highest BCUT2D eigenvalue weighted by atomic mass is 19.4. The Morgan fingerprint density at radius 1 is 1.02 bits per heavy atom. The Labute approximate surface area is 262 Å². The maximum atomic E-state index is 14.3. The number of para-hydroxylation sites is 1. The molecule has 3 aromatic carbocycles. The van der Waals surface area contributed by atoms with Crippen LogP contribution in [0.3, 0.4) is 0 Å². The number of likely N-dealkylation sites (N-methyl/N-ethyl adjacent to an activating group) is 1. The zero-order chi connectivity index (χ0) is 33.2. The van der Waals surface area contributed by atoms with E-state index in [2.05, 4.69) is 10.6 Å². The zero-order valence-corrected chi connectivity index (χ0v) is 25.2. The van der Waals surface area contributed by atoms with Crippen LogP contribution in [0.5, 0.6) is 0 Å². The largest absolute Gasteiger partial charge is 0.416 e. The highest BCUT2D eigenvalue weighted by Gasteiger charge is 2.47. The van der Waals surface area contributed by atoms with Crippen molar-refractivity contribution in [2.75, 3.05) is 11.4 Å². The molecule has 0 bridgehead atoms. The van der Waals surface area contributed by atoms with Crippen LogP contribution in [0.15, 0.2) is 91.0 Å². The minimum Gasteiger partial charge on any atom is -0.344 e. The van der Waals surface area contributed by atoms with Gasteiger partial charge in [-0.2, -0.15) is 18.3 Å². The molecule has 4 aromatic rings. The van der Waals surface area contributed by atoms with Crippen molar-refractivity contribution in [2.45, 2.75) is 44.9 Å². The number of fused-ring (bicyclic) bond motifs is 1. The van der Waals surface area contributed by atoms with Gasteiger partial charge >= 0.3 is 6.18 Å². The average molecular weight is 634 g/mol. The number of hydrogen-bond acceptors (Lipinski definition) is 4. The summed E-state index contributed by atoms with van der Waals surface area (Å²) >= 11 is 0. The molecule has 3 atom stereocenters. The lowest BCUT2D eigenvalue weighted by molar-refractivity contribution is -0.137. The predicted molar refractivity (Wildman–Crippen MR) is 164 cm³/mol. The van der Waals surface area contributed by atoms with Crippen LogP contribution in [0.2, 0.25) is 0 Å². The lowest BCUT2D eigenvalue weighted by Gasteiger charge is -2.39. The fourth-order valence-electron chi connectivity index (χ4n) is 5.67. The lowest BCUT2D eigenvalue weighted by atomic mass is 9.80. The van der Waals surface area contributed by atoms with E-state index in [1.54, 1.807) is 55.8 Å². The first kappa shape index (κ1) is 32.1. The minimum absolute atomic E-state index is 0.148. The number of nitrogens with one attached hydrogen (secondary N) is 2. The van der Waals surface area contributed by atoms with Crippen LogP contribution >= 0.6 is 0 Å². The van der Waals surface area contributed by atoms with Gasteiger partial charge in [0.15, 0.2) is 0 Å². The van der Waals surface area contributed by atoms with Crippen LogP contribution < -0.4 is 15.5 Å². The van der Waals surface area contributed by atoms with Gasteiger partial charge in [0.1, 0.15) is 17.7 Å². The van der Waals surface area contributed by atoms with Gasteiger partial charge in [-0.3, -0.25) is 19.3 Å². The topological polar surface area (TPSA) is 96.3 Å². The number of benzene rings is 3. The van der Waals surface area contributed by atoms with E-state index in [0.717, 1.165) is 18.2 Å². The van der Waals surface area contributed by atoms with Crippen LogP contribution in [-0.2, 0) is 15.8 Å². The molecule has 0 unspecified atom stereocenters. The highest BCUT2D eigenvalue weighted by molar-refractivity contribution is 6.05. The average Bonchev–Trinajstić information content (AvgIpc) is 3.42. The molecule has 2 heterocycles. The second-order valence-corrected chi connectivity index (χ2v) is 10.7. The van der Waals surface area contributed by atoms with Crippen molar-refractivity contribution in [3.8, 4) is 5.69 Å². The first-order valence-corrected chi connectivity index (χ1v) is 14.6. The van der Waals surface area contributed by atoms with Gasteiger partial charge in [-0.15, -0.1) is 0 Å². The number of amides is 3. The summed E-state index contributed by atoms with van der Waals surface area (Å²) in [4.78, 5) is 41.9. The molecule has 0 saturated carbocycles. The molecule has 1 aromatic heterocycles. The van der Waals surface area contributed by atoms with Gasteiger partial charge in [0.05, 0.1) is 23.0 Å². The summed E-state index contributed by atoms with van der Waals surface area (Å²) in [7, 11) is 0. The molecule has 0 aliphatic carbocycles. The molecule has 3 amide bonds. The number of alkyl halides is 3. The maximum Gasteiger partial charge on any atom is 0.416 e. The van der Waals surface area contributed by atoms with E-state index < -0.39 is 47.4 Å². The summed E-state index contributed by atoms with van der Waals surface area (Å²) in [5, 5.41) is 10.4. The number of carbonyl (C=O) groups excluding carboxylic acids is 3. The van der Waals surface area contributed by atoms with E-state index in [9.17, 15) is 31.9 Å². The fourth-order valence-corrected chi connectivity index (χ4v) is 5.67. The number of nitrogens with zero attached hydrogens (tertiary/aromatic N) is 3. The first-order valence-electron chi connectivity index (χ1n) is 14.6. The Morgan fingerprint density at radius 3 is 2.35 bits per heavy atom. The second kappa shape index (κ2) is 13.0. The third kappa shape index (κ3) is 6.28. The molecule has 238 valence electrons. The van der Waals surface area contributed by atoms with Crippen LogP contribution in [-0.4, -0.2) is 40.1 Å². The van der Waals surface area contributed by atoms with E-state index in [1.807, 2.05) is 6.07 Å². The molecular weight excluding hydrogens is 602 g/mol. The van der Waals surface area contributed by atoms with Crippen molar-refractivity contribution < 1.29 is 31.9 Å². The quantitative estimate of drug-likeness (QED) is 0.182. The number of rotatable bonds is 8. The van der Waals surface area contributed by atoms with Crippen molar-refractivity contribution in [1.29, 1.82) is 0 Å². The third-order valence-electron chi connectivity index (χ3n) is 7.73. The fraction of sp³-hybridized carbons (Fsp3) is 0.235. The summed E-state index contributed by atoms with van der Waals surface area (Å²) in [5.74, 6) is -2.93. The van der Waals surface area contributed by atoms with Gasteiger partial charge in [-0.1, -0.05) is 42.5 Å². The smallest absolute Gasteiger partial charge is 0.344 e. The molecule has 0 spiro atoms. The van der Waals surface area contributed by atoms with Crippen molar-refractivity contribution in [3.63, 3.8) is 0 Å². The molecule has 12 heteroatoms. The molecule has 2 N–H and O–H groups in total. The number of aromatic nitrogens is 2. The van der Waals surface area contributed by atoms with Gasteiger partial charge in [0, 0.05) is 23.6 Å². The van der Waals surface area contributed by atoms with Crippen LogP contribution in [0.1, 0.15) is 65.5 Å². The van der Waals surface area contributed by atoms with E-state index in [4.69, 9.17) is 5.10 Å². The Bertz CT molecular complexity index is 1780. The maximum absolute atomic E-state index is 14.3. The van der Waals surface area contributed by atoms with Crippen molar-refractivity contribution in [1.82, 2.24) is 20.4 Å². The monoisotopic (exact) mass is 633 g/mol. The molecule has 8 nitrogen and oxygen atoms in total. The van der Waals surface area contributed by atoms with E-state index >= 15 is 0 Å². The molecule has 1 aliphatic heterocycles. The molecule has 46 heavy (non-hydrogen) atoms. The van der Waals surface area contributed by atoms with Gasteiger partial charge in [-0.25, -0.2) is 9.07 Å². The van der Waals surface area contributed by atoms with Crippen molar-refractivity contribution in [2.24, 2.45) is 0 Å². The minimum atomic E-state index is -4.68. The first-order chi connectivity index (χ1) is 21.9. The SMILES string of the molecule is C/C=C/C(=O)N[C@H](C)c1nn(-c2ccccc2)c2c1[C@H](c1ccc(F)cc1)[C@H](NC(=O)c1cccc(C(F)(F)F)c1)C(=O)N2CC. The van der Waals surface area contributed by atoms with Gasteiger partial charge in [-0.05, 0) is 74.9 Å². The molecule has 0 fully saturated rings. The molecule has 1 aliphatic rings. The number of allylic oxidation sites excluding steroid dienone is 1. The Morgan fingerprint density at radius 2 is 1.72 bits per heavy atom. The van der Waals surface area contributed by atoms with Crippen LogP contribution in [0, 0.1) is 5.82 Å². The van der Waals surface area contributed by atoms with Crippen molar-refractivity contribution >= 4 is 23.5 Å². The standard InChI is InChI=1S/C34H31F4N5O3/c1-4-10-26(44)39-20(3)29-28-27(21-15-17-24(35)18-16-21)30(40-31(45)22-11-9-12-23(19-22)34(36,37)38)33(46)42(5-2)32(28)43(41-29)25-13-7-6-8-14-25/h4,6-20,27,30H,5H2,1-3H3,(H,39,44)(H,40,45)/b10-4+/t20-,27+,30+/m1/s1. The number of anilines is 1. The van der Waals surface area contributed by atoms with Crippen LogP contribution in [0.4, 0.5) is 23.4 Å². The number of halogens is 4. The zero-order valence-electron chi connectivity index (χ0n) is 25.2. The lowest BCUT2D eigenvalue weighted by Crippen LogP contribution is -2.55. The molecule has 0 saturated heterocycles. The number of hydrogen-bond donors (Lipinski definition) is 2. The van der Waals surface area contributed by atoms with Gasteiger partial charge in [0.2, 0.25) is 5.91 Å². The third-order valence-corrected chi connectivity index (χ3v) is 7.73. The summed E-state index contributed by atoms with van der Waals surface area (Å²) in [6.07, 6.45) is -1.75. The van der Waals surface area contributed by atoms with E-state index in [-0.39, 0.29) is 18.0 Å². The summed E-state index contributed by atoms with van der Waals surface area (Å²) in [6, 6.07) is 16.3. The number of carbonyl (C=O) groups is 3. The highest BCUT2D eigenvalue weighted by Crippen LogP contribution is 2.45. The summed E-state index contributed by atoms with van der Waals surface area (Å²) < 4.78 is 56.1. The van der Waals surface area contributed by atoms with E-state index in [0.29, 0.717) is 28.3 Å². The predicted octanol–water partition coefficient (Wildman–Crippen LogP) is 6.08. The summed E-state index contributed by atoms with van der Waals surface area (Å²) in [6.45, 7) is 5.31. The molecular formula is C34H31F4N5O3. The Kier molecular flexibility index (Phi) is 9.08. The summed E-state index contributed by atoms with van der Waals surface area (Å²) in [5.41, 5.74) is 0.630. The van der Waals surface area contributed by atoms with Crippen molar-refractivity contribution in [3.05, 3.63) is 125 Å². The van der Waals surface area contributed by atoms with Crippen LogP contribution in [0.25, 0.3) is 5.69 Å². The second-order valence-electron chi connectivity index (χ2n) is 10.7. The Balaban J connectivity index is 1.72. The normalized spacial score (nSPS) is 17.1. The molecule has 5 rings (SSSR count). The Hall–Kier alpha value is -5.26. The van der Waals surface area contributed by atoms with Gasteiger partial charge < -0.3 is 10.6 Å². The van der Waals surface area contributed by atoms with Gasteiger partial charge in [0.25, 0.3) is 11.8 Å². The molecule has 0 radical (unpaired) electrons.